The zero-order valence-electron chi connectivity index (χ0n) is 27.4. The number of nitrogens with one attached hydrogen (secondary N) is 1. The van der Waals surface area contributed by atoms with Crippen LogP contribution in [0.1, 0.15) is 46.6 Å². The van der Waals surface area contributed by atoms with E-state index >= 15 is 0 Å². The fourth-order valence-electron chi connectivity index (χ4n) is 6.67. The van der Waals surface area contributed by atoms with Gasteiger partial charge in [-0.15, -0.1) is 0 Å². The molecule has 1 fully saturated rings. The molecule has 10 nitrogen and oxygen atoms in total. The lowest BCUT2D eigenvalue weighted by Gasteiger charge is -2.39. The number of para-hydroxylation sites is 1. The lowest BCUT2D eigenvalue weighted by atomic mass is 9.97. The Bertz CT molecular complexity index is 2050. The van der Waals surface area contributed by atoms with Gasteiger partial charge in [-0.25, -0.2) is 8.42 Å². The van der Waals surface area contributed by atoms with Gasteiger partial charge in [0.25, 0.3) is 10.0 Å². The summed E-state index contributed by atoms with van der Waals surface area (Å²) in [6.45, 7) is 2.26. The quantitative estimate of drug-likeness (QED) is 0.179. The summed E-state index contributed by atoms with van der Waals surface area (Å²) < 4.78 is 54.2. The lowest BCUT2D eigenvalue weighted by molar-refractivity contribution is -0.253. The molecule has 3 atom stereocenters. The van der Waals surface area contributed by atoms with Crippen molar-refractivity contribution in [3.8, 4) is 11.5 Å². The normalized spacial score (nSPS) is 19.7. The molecule has 5 aromatic rings. The molecule has 0 aliphatic carbocycles. The van der Waals surface area contributed by atoms with E-state index < -0.39 is 16.3 Å². The third-order valence-electron chi connectivity index (χ3n) is 9.17. The Balaban J connectivity index is 1.14. The monoisotopic (exact) mass is 681 g/mol. The van der Waals surface area contributed by atoms with Gasteiger partial charge in [0.1, 0.15) is 4.90 Å². The van der Waals surface area contributed by atoms with E-state index in [0.29, 0.717) is 35.5 Å². The number of methoxy groups -OCH3 is 2. The number of fused-ring (bicyclic) bond motifs is 2. The Hall–Kier alpha value is -4.52. The van der Waals surface area contributed by atoms with Crippen molar-refractivity contribution in [3.63, 3.8) is 0 Å². The number of hydrogen-bond acceptors (Lipinski definition) is 9. The van der Waals surface area contributed by atoms with Gasteiger partial charge < -0.3 is 24.1 Å². The molecule has 0 amide bonds. The van der Waals surface area contributed by atoms with E-state index in [0.717, 1.165) is 41.8 Å². The van der Waals surface area contributed by atoms with Gasteiger partial charge >= 0.3 is 0 Å². The Morgan fingerprint density at radius 3 is 2.43 bits per heavy atom. The molecule has 2 N–H and O–H groups in total. The SMILES string of the molecule is COc1cc2c(cc1OC)CN(C[C@@H]1C[C@H](c3ccc(CO)cc3)OC(c3cccc(NS(=O)(=O)c4cccc5cccnc45)c3)O1)CC2. The molecule has 11 heteroatoms. The highest BCUT2D eigenvalue weighted by Gasteiger charge is 2.34. The highest BCUT2D eigenvalue weighted by atomic mass is 32.2. The molecule has 2 aliphatic heterocycles. The van der Waals surface area contributed by atoms with Crippen molar-refractivity contribution in [1.82, 2.24) is 9.88 Å². The molecule has 0 radical (unpaired) electrons. The minimum atomic E-state index is -3.95. The average Bonchev–Trinajstić information content (AvgIpc) is 3.13. The number of aliphatic hydroxyl groups excluding tert-OH is 1. The van der Waals surface area contributed by atoms with Crippen LogP contribution >= 0.6 is 0 Å². The van der Waals surface area contributed by atoms with E-state index in [2.05, 4.69) is 26.7 Å². The van der Waals surface area contributed by atoms with Crippen LogP contribution in [-0.4, -0.2) is 56.8 Å². The summed E-state index contributed by atoms with van der Waals surface area (Å²) in [5.74, 6) is 1.45. The first-order chi connectivity index (χ1) is 23.8. The second-order valence-electron chi connectivity index (χ2n) is 12.4. The van der Waals surface area contributed by atoms with Crippen LogP contribution in [0.3, 0.4) is 0 Å². The summed E-state index contributed by atoms with van der Waals surface area (Å²) in [6.07, 6.45) is 1.89. The third kappa shape index (κ3) is 7.12. The van der Waals surface area contributed by atoms with Crippen LogP contribution in [0, 0.1) is 0 Å². The van der Waals surface area contributed by atoms with Gasteiger partial charge in [-0.1, -0.05) is 54.6 Å². The number of pyridine rings is 1. The van der Waals surface area contributed by atoms with Crippen molar-refractivity contribution in [2.75, 3.05) is 32.0 Å². The number of aromatic nitrogens is 1. The van der Waals surface area contributed by atoms with Crippen LogP contribution in [0.5, 0.6) is 11.5 Å². The second-order valence-corrected chi connectivity index (χ2v) is 14.0. The number of hydrogen-bond donors (Lipinski definition) is 2. The van der Waals surface area contributed by atoms with Crippen molar-refractivity contribution in [2.45, 2.75) is 49.4 Å². The number of ether oxygens (including phenoxy) is 4. The molecule has 4 aromatic carbocycles. The van der Waals surface area contributed by atoms with Crippen molar-refractivity contribution >= 4 is 26.6 Å². The Labute approximate surface area is 286 Å². The molecule has 49 heavy (non-hydrogen) atoms. The highest BCUT2D eigenvalue weighted by Crippen LogP contribution is 2.40. The fraction of sp³-hybridized carbons (Fsp3) is 0.289. The summed E-state index contributed by atoms with van der Waals surface area (Å²) in [5.41, 5.74) is 5.74. The number of nitrogens with zero attached hydrogens (tertiary/aromatic N) is 2. The first-order valence-electron chi connectivity index (χ1n) is 16.3. The van der Waals surface area contributed by atoms with Gasteiger partial charge in [-0.3, -0.25) is 14.6 Å². The maximum atomic E-state index is 13.6. The number of sulfonamides is 1. The van der Waals surface area contributed by atoms with Gasteiger partial charge in [-0.05, 0) is 65.1 Å². The van der Waals surface area contributed by atoms with E-state index in [-0.39, 0.29) is 23.7 Å². The standard InChI is InChI=1S/C38H39N3O7S/c1-45-34-19-28-15-17-41(22-30(28)20-35(34)46-2)23-32-21-33(26-13-11-25(24-42)12-14-26)48-38(47-32)29-7-3-9-31(18-29)40-49(43,44)36-10-4-6-27-8-5-16-39-37(27)36/h3-14,16,18-20,32-33,38,40,42H,15,17,21-24H2,1-2H3/t32-,33+,38?/m0/s1. The van der Waals surface area contributed by atoms with Crippen LogP contribution in [0.4, 0.5) is 5.69 Å². The Morgan fingerprint density at radius 2 is 1.65 bits per heavy atom. The molecule has 1 aromatic heterocycles. The van der Waals surface area contributed by atoms with Gasteiger partial charge in [0, 0.05) is 48.9 Å². The first kappa shape index (κ1) is 33.0. The van der Waals surface area contributed by atoms with Crippen LogP contribution < -0.4 is 14.2 Å². The van der Waals surface area contributed by atoms with E-state index in [4.69, 9.17) is 18.9 Å². The maximum Gasteiger partial charge on any atom is 0.264 e. The minimum Gasteiger partial charge on any atom is -0.493 e. The maximum absolute atomic E-state index is 13.6. The Morgan fingerprint density at radius 1 is 0.898 bits per heavy atom. The molecular formula is C38H39N3O7S. The van der Waals surface area contributed by atoms with E-state index in [9.17, 15) is 13.5 Å². The molecule has 0 bridgehead atoms. The second kappa shape index (κ2) is 14.1. The van der Waals surface area contributed by atoms with Crippen LogP contribution in [0.15, 0.2) is 102 Å². The predicted octanol–water partition coefficient (Wildman–Crippen LogP) is 6.15. The Kier molecular flexibility index (Phi) is 9.53. The summed E-state index contributed by atoms with van der Waals surface area (Å²) >= 11 is 0. The summed E-state index contributed by atoms with van der Waals surface area (Å²) in [7, 11) is -0.650. The van der Waals surface area contributed by atoms with Crippen LogP contribution in [-0.2, 0) is 39.1 Å². The van der Waals surface area contributed by atoms with E-state index in [1.54, 1.807) is 56.8 Å². The van der Waals surface area contributed by atoms with Crippen molar-refractivity contribution in [2.24, 2.45) is 0 Å². The lowest BCUT2D eigenvalue weighted by Crippen LogP contribution is -2.41. The zero-order valence-corrected chi connectivity index (χ0v) is 28.2. The first-order valence-corrected chi connectivity index (χ1v) is 17.7. The van der Waals surface area contributed by atoms with E-state index in [1.165, 1.54) is 11.1 Å². The van der Waals surface area contributed by atoms with Crippen molar-refractivity contribution < 1.29 is 32.5 Å². The number of rotatable bonds is 10. The molecule has 0 spiro atoms. The average molecular weight is 682 g/mol. The number of aliphatic hydroxyl groups is 1. The molecule has 3 heterocycles. The summed E-state index contributed by atoms with van der Waals surface area (Å²) in [4.78, 5) is 6.81. The molecule has 1 unspecified atom stereocenters. The predicted molar refractivity (Wildman–Crippen MR) is 186 cm³/mol. The largest absolute Gasteiger partial charge is 0.493 e. The minimum absolute atomic E-state index is 0.0369. The molecular weight excluding hydrogens is 642 g/mol. The summed E-state index contributed by atoms with van der Waals surface area (Å²) in [5, 5.41) is 10.3. The smallest absolute Gasteiger partial charge is 0.264 e. The van der Waals surface area contributed by atoms with E-state index in [1.807, 2.05) is 42.5 Å². The molecule has 254 valence electrons. The van der Waals surface area contributed by atoms with Crippen molar-refractivity contribution in [3.05, 3.63) is 125 Å². The zero-order chi connectivity index (χ0) is 34.0. The van der Waals surface area contributed by atoms with Gasteiger partial charge in [-0.2, -0.15) is 0 Å². The molecule has 7 rings (SSSR count). The number of benzene rings is 4. The topological polar surface area (TPSA) is 119 Å². The number of anilines is 1. The third-order valence-corrected chi connectivity index (χ3v) is 10.6. The molecule has 2 aliphatic rings. The fourth-order valence-corrected chi connectivity index (χ4v) is 7.90. The van der Waals surface area contributed by atoms with Gasteiger partial charge in [0.15, 0.2) is 17.8 Å². The van der Waals surface area contributed by atoms with Crippen LogP contribution in [0.25, 0.3) is 10.9 Å². The summed E-state index contributed by atoms with van der Waals surface area (Å²) in [6, 6.07) is 27.7. The van der Waals surface area contributed by atoms with Crippen LogP contribution in [0.2, 0.25) is 0 Å². The van der Waals surface area contributed by atoms with Crippen molar-refractivity contribution in [1.29, 1.82) is 0 Å². The molecule has 0 saturated carbocycles. The van der Waals surface area contributed by atoms with Gasteiger partial charge in [0.05, 0.1) is 38.6 Å². The molecule has 1 saturated heterocycles. The highest BCUT2D eigenvalue weighted by molar-refractivity contribution is 7.93. The van der Waals surface area contributed by atoms with Gasteiger partial charge in [0.2, 0.25) is 0 Å².